The van der Waals surface area contributed by atoms with E-state index in [0.29, 0.717) is 6.54 Å². The van der Waals surface area contributed by atoms with Gasteiger partial charge in [-0.2, -0.15) is 0 Å². The Labute approximate surface area is 118 Å². The lowest BCUT2D eigenvalue weighted by atomic mass is 10.1. The molecule has 20 heavy (non-hydrogen) atoms. The van der Waals surface area contributed by atoms with Gasteiger partial charge in [0.25, 0.3) is 5.69 Å². The second-order valence-corrected chi connectivity index (χ2v) is 4.84. The largest absolute Gasteiger partial charge is 0.381 e. The Balaban J connectivity index is 2.08. The first-order chi connectivity index (χ1) is 9.58. The first-order valence-electron chi connectivity index (χ1n) is 6.66. The van der Waals surface area contributed by atoms with E-state index in [2.05, 4.69) is 36.5 Å². The molecule has 0 saturated carbocycles. The van der Waals surface area contributed by atoms with Crippen molar-refractivity contribution in [1.82, 2.24) is 0 Å². The van der Waals surface area contributed by atoms with E-state index >= 15 is 0 Å². The van der Waals surface area contributed by atoms with Crippen LogP contribution in [0.25, 0.3) is 0 Å². The molecule has 2 aromatic carbocycles. The van der Waals surface area contributed by atoms with E-state index in [1.807, 2.05) is 13.0 Å². The number of benzene rings is 2. The van der Waals surface area contributed by atoms with Crippen molar-refractivity contribution in [2.75, 3.05) is 5.32 Å². The fourth-order valence-corrected chi connectivity index (χ4v) is 2.07. The van der Waals surface area contributed by atoms with Crippen LogP contribution in [0.1, 0.15) is 23.6 Å². The summed E-state index contributed by atoms with van der Waals surface area (Å²) in [6.07, 6.45) is 1.03. The van der Waals surface area contributed by atoms with Gasteiger partial charge in [0.1, 0.15) is 0 Å². The van der Waals surface area contributed by atoms with Gasteiger partial charge in [-0.1, -0.05) is 31.2 Å². The number of rotatable bonds is 5. The van der Waals surface area contributed by atoms with Crippen LogP contribution in [0.3, 0.4) is 0 Å². The number of nitrogens with one attached hydrogen (secondary N) is 1. The quantitative estimate of drug-likeness (QED) is 0.658. The minimum absolute atomic E-state index is 0.119. The smallest absolute Gasteiger partial charge is 0.271 e. The van der Waals surface area contributed by atoms with Crippen molar-refractivity contribution >= 4 is 11.4 Å². The van der Waals surface area contributed by atoms with Crippen molar-refractivity contribution < 1.29 is 4.92 Å². The van der Waals surface area contributed by atoms with Gasteiger partial charge < -0.3 is 5.32 Å². The van der Waals surface area contributed by atoms with Gasteiger partial charge in [0.05, 0.1) is 4.92 Å². The van der Waals surface area contributed by atoms with E-state index in [1.54, 1.807) is 12.1 Å². The summed E-state index contributed by atoms with van der Waals surface area (Å²) >= 11 is 0. The number of non-ortho nitro benzene ring substituents is 1. The average molecular weight is 270 g/mol. The summed E-state index contributed by atoms with van der Waals surface area (Å²) in [5, 5.41) is 14.1. The Morgan fingerprint density at radius 1 is 1.10 bits per heavy atom. The number of anilines is 1. The Kier molecular flexibility index (Phi) is 4.35. The summed E-state index contributed by atoms with van der Waals surface area (Å²) in [4.78, 5) is 10.5. The van der Waals surface area contributed by atoms with Crippen LogP contribution < -0.4 is 5.32 Å². The van der Waals surface area contributed by atoms with Crippen LogP contribution in [0.2, 0.25) is 0 Å². The lowest BCUT2D eigenvalue weighted by molar-refractivity contribution is -0.384. The molecule has 0 atom stereocenters. The summed E-state index contributed by atoms with van der Waals surface area (Å²) < 4.78 is 0. The molecule has 0 unspecified atom stereocenters. The molecule has 0 fully saturated rings. The number of hydrogen-bond acceptors (Lipinski definition) is 3. The van der Waals surface area contributed by atoms with Crippen LogP contribution >= 0.6 is 0 Å². The summed E-state index contributed by atoms with van der Waals surface area (Å²) in [6, 6.07) is 13.4. The molecular formula is C16H18N2O2. The number of nitro groups is 1. The van der Waals surface area contributed by atoms with Crippen LogP contribution in [-0.2, 0) is 13.0 Å². The molecule has 0 aliphatic carbocycles. The minimum atomic E-state index is -0.367. The third-order valence-electron chi connectivity index (χ3n) is 3.20. The number of hydrogen-bond donors (Lipinski definition) is 1. The topological polar surface area (TPSA) is 55.2 Å². The number of nitrogens with zero attached hydrogens (tertiary/aromatic N) is 1. The molecule has 2 aromatic rings. The van der Waals surface area contributed by atoms with Gasteiger partial charge in [-0.15, -0.1) is 0 Å². The van der Waals surface area contributed by atoms with Crippen molar-refractivity contribution in [2.24, 2.45) is 0 Å². The molecule has 0 heterocycles. The third kappa shape index (κ3) is 3.57. The molecular weight excluding hydrogens is 252 g/mol. The second-order valence-electron chi connectivity index (χ2n) is 4.84. The molecule has 0 spiro atoms. The normalized spacial score (nSPS) is 10.3. The van der Waals surface area contributed by atoms with Gasteiger partial charge in [-0.05, 0) is 36.1 Å². The van der Waals surface area contributed by atoms with E-state index < -0.39 is 0 Å². The van der Waals surface area contributed by atoms with Crippen molar-refractivity contribution in [2.45, 2.75) is 26.8 Å². The Hall–Kier alpha value is -2.36. The van der Waals surface area contributed by atoms with E-state index in [-0.39, 0.29) is 10.6 Å². The molecule has 4 heteroatoms. The Morgan fingerprint density at radius 3 is 2.35 bits per heavy atom. The highest BCUT2D eigenvalue weighted by atomic mass is 16.6. The zero-order valence-corrected chi connectivity index (χ0v) is 11.7. The molecule has 0 aliphatic rings. The minimum Gasteiger partial charge on any atom is -0.381 e. The highest BCUT2D eigenvalue weighted by Gasteiger charge is 2.07. The maximum absolute atomic E-state index is 10.8. The van der Waals surface area contributed by atoms with Crippen molar-refractivity contribution in [1.29, 1.82) is 0 Å². The molecule has 104 valence electrons. The average Bonchev–Trinajstić information content (AvgIpc) is 2.45. The molecule has 2 rings (SSSR count). The molecule has 0 aromatic heterocycles. The summed E-state index contributed by atoms with van der Waals surface area (Å²) in [5.41, 5.74) is 4.24. The highest BCUT2D eigenvalue weighted by Crippen LogP contribution is 2.21. The van der Waals surface area contributed by atoms with E-state index in [1.165, 1.54) is 5.56 Å². The van der Waals surface area contributed by atoms with Gasteiger partial charge in [-0.3, -0.25) is 10.1 Å². The molecule has 0 saturated heterocycles. The molecule has 0 radical (unpaired) electrons. The molecule has 0 aliphatic heterocycles. The van der Waals surface area contributed by atoms with Crippen molar-refractivity contribution in [3.05, 3.63) is 69.3 Å². The van der Waals surface area contributed by atoms with Gasteiger partial charge in [0.2, 0.25) is 0 Å². The maximum Gasteiger partial charge on any atom is 0.271 e. The van der Waals surface area contributed by atoms with Crippen molar-refractivity contribution in [3.8, 4) is 0 Å². The van der Waals surface area contributed by atoms with Crippen LogP contribution in [0, 0.1) is 17.0 Å². The van der Waals surface area contributed by atoms with Gasteiger partial charge in [-0.25, -0.2) is 0 Å². The fraction of sp³-hybridized carbons (Fsp3) is 0.250. The van der Waals surface area contributed by atoms with Gasteiger partial charge in [0, 0.05) is 24.4 Å². The van der Waals surface area contributed by atoms with Crippen LogP contribution in [0.4, 0.5) is 11.4 Å². The Morgan fingerprint density at radius 2 is 1.75 bits per heavy atom. The first kappa shape index (κ1) is 14.1. The second kappa shape index (κ2) is 6.19. The van der Waals surface area contributed by atoms with Crippen LogP contribution in [0.15, 0.2) is 42.5 Å². The molecule has 4 nitrogen and oxygen atoms in total. The fourth-order valence-electron chi connectivity index (χ4n) is 2.07. The first-order valence-corrected chi connectivity index (χ1v) is 6.66. The van der Waals surface area contributed by atoms with E-state index in [9.17, 15) is 10.1 Å². The number of aryl methyl sites for hydroxylation is 2. The lowest BCUT2D eigenvalue weighted by Crippen LogP contribution is -2.00. The van der Waals surface area contributed by atoms with Gasteiger partial charge >= 0.3 is 0 Å². The molecule has 0 amide bonds. The molecule has 0 bridgehead atoms. The predicted octanol–water partition coefficient (Wildman–Crippen LogP) is 4.08. The summed E-state index contributed by atoms with van der Waals surface area (Å²) in [7, 11) is 0. The monoisotopic (exact) mass is 270 g/mol. The summed E-state index contributed by atoms with van der Waals surface area (Å²) in [6.45, 7) is 4.64. The third-order valence-corrected chi connectivity index (χ3v) is 3.20. The summed E-state index contributed by atoms with van der Waals surface area (Å²) in [5.74, 6) is 0. The standard InChI is InChI=1S/C16H18N2O2/c1-3-13-4-6-14(7-5-13)11-17-15-8-12(2)9-16(10-15)18(19)20/h4-10,17H,3,11H2,1-2H3. The van der Waals surface area contributed by atoms with E-state index in [4.69, 9.17) is 0 Å². The molecule has 1 N–H and O–H groups in total. The zero-order valence-electron chi connectivity index (χ0n) is 11.7. The predicted molar refractivity (Wildman–Crippen MR) is 81.0 cm³/mol. The Bertz CT molecular complexity index is 606. The van der Waals surface area contributed by atoms with Crippen molar-refractivity contribution in [3.63, 3.8) is 0 Å². The zero-order chi connectivity index (χ0) is 14.5. The maximum atomic E-state index is 10.8. The van der Waals surface area contributed by atoms with Gasteiger partial charge in [0.15, 0.2) is 0 Å². The highest BCUT2D eigenvalue weighted by molar-refractivity contribution is 5.54. The number of nitro benzene ring substituents is 1. The van der Waals surface area contributed by atoms with Crippen LogP contribution in [-0.4, -0.2) is 4.92 Å². The van der Waals surface area contributed by atoms with Crippen LogP contribution in [0.5, 0.6) is 0 Å². The SMILES string of the molecule is CCc1ccc(CNc2cc(C)cc([N+](=O)[O-])c2)cc1. The lowest BCUT2D eigenvalue weighted by Gasteiger charge is -2.08. The van der Waals surface area contributed by atoms with E-state index in [0.717, 1.165) is 23.2 Å².